The molecule has 0 radical (unpaired) electrons. The average Bonchev–Trinajstić information content (AvgIpc) is 2.49. The fraction of sp³-hybridized carbons (Fsp3) is 0.600. The van der Waals surface area contributed by atoms with Crippen molar-refractivity contribution in [2.24, 2.45) is 0 Å². The van der Waals surface area contributed by atoms with Crippen LogP contribution in [0.2, 0.25) is 0 Å². The van der Waals surface area contributed by atoms with E-state index < -0.39 is 6.10 Å². The summed E-state index contributed by atoms with van der Waals surface area (Å²) in [6, 6.07) is 7.55. The lowest BCUT2D eigenvalue weighted by molar-refractivity contribution is 0.0438. The van der Waals surface area contributed by atoms with Gasteiger partial charge in [0.25, 0.3) is 0 Å². The summed E-state index contributed by atoms with van der Waals surface area (Å²) in [4.78, 5) is 2.31. The molecule has 0 amide bonds. The molecule has 1 aromatic carbocycles. The van der Waals surface area contributed by atoms with Gasteiger partial charge < -0.3 is 14.7 Å². The number of aliphatic hydroxyl groups excluding tert-OH is 1. The number of ether oxygens (including phenoxy) is 1. The van der Waals surface area contributed by atoms with E-state index in [1.807, 2.05) is 31.2 Å². The second-order valence-electron chi connectivity index (χ2n) is 5.43. The molecule has 1 fully saturated rings. The number of piperazine rings is 1. The van der Waals surface area contributed by atoms with Crippen molar-refractivity contribution in [3.63, 3.8) is 0 Å². The van der Waals surface area contributed by atoms with Gasteiger partial charge in [-0.25, -0.2) is 10.4 Å². The standard InChI is InChI=1S/C15H25N3O2/c1-12(16-18-10-8-17(2)9-11-18)15(19)13-4-6-14(20-3)7-5-13/h4-7,12,15-16,19H,8-11H2,1-3H3. The number of methoxy groups -OCH3 is 1. The van der Waals surface area contributed by atoms with Crippen LogP contribution in [-0.4, -0.2) is 61.4 Å². The van der Waals surface area contributed by atoms with Crippen molar-refractivity contribution >= 4 is 0 Å². The SMILES string of the molecule is COc1ccc(C(O)C(C)NN2CCN(C)CC2)cc1. The molecule has 1 heterocycles. The van der Waals surface area contributed by atoms with Crippen LogP contribution in [0.1, 0.15) is 18.6 Å². The Morgan fingerprint density at radius 2 is 1.75 bits per heavy atom. The first kappa shape index (κ1) is 15.3. The van der Waals surface area contributed by atoms with Crippen molar-refractivity contribution in [3.05, 3.63) is 29.8 Å². The highest BCUT2D eigenvalue weighted by molar-refractivity contribution is 5.28. The van der Waals surface area contributed by atoms with Crippen molar-refractivity contribution in [2.75, 3.05) is 40.3 Å². The zero-order valence-electron chi connectivity index (χ0n) is 12.5. The summed E-state index contributed by atoms with van der Waals surface area (Å²) in [7, 11) is 3.77. The fourth-order valence-electron chi connectivity index (χ4n) is 2.38. The van der Waals surface area contributed by atoms with Gasteiger partial charge in [-0.1, -0.05) is 12.1 Å². The molecule has 20 heavy (non-hydrogen) atoms. The van der Waals surface area contributed by atoms with Crippen LogP contribution in [-0.2, 0) is 0 Å². The summed E-state index contributed by atoms with van der Waals surface area (Å²) in [5.41, 5.74) is 4.29. The van der Waals surface area contributed by atoms with Crippen LogP contribution in [0.5, 0.6) is 5.75 Å². The molecule has 0 bridgehead atoms. The molecule has 0 aromatic heterocycles. The van der Waals surface area contributed by atoms with Gasteiger partial charge in [0.05, 0.1) is 13.2 Å². The lowest BCUT2D eigenvalue weighted by atomic mass is 10.0. The predicted molar refractivity (Wildman–Crippen MR) is 79.6 cm³/mol. The van der Waals surface area contributed by atoms with Crippen molar-refractivity contribution in [2.45, 2.75) is 19.1 Å². The van der Waals surface area contributed by atoms with Gasteiger partial charge in [0, 0.05) is 32.2 Å². The summed E-state index contributed by atoms with van der Waals surface area (Å²) in [5.74, 6) is 0.806. The quantitative estimate of drug-likeness (QED) is 0.837. The monoisotopic (exact) mass is 279 g/mol. The van der Waals surface area contributed by atoms with E-state index in [0.29, 0.717) is 0 Å². The third kappa shape index (κ3) is 3.93. The maximum absolute atomic E-state index is 10.4. The van der Waals surface area contributed by atoms with Gasteiger partial charge in [-0.15, -0.1) is 0 Å². The molecule has 1 aliphatic rings. The lowest BCUT2D eigenvalue weighted by Crippen LogP contribution is -2.54. The minimum Gasteiger partial charge on any atom is -0.497 e. The summed E-state index contributed by atoms with van der Waals surface area (Å²) in [6.45, 7) is 6.08. The van der Waals surface area contributed by atoms with Gasteiger partial charge in [0.1, 0.15) is 5.75 Å². The molecular weight excluding hydrogens is 254 g/mol. The van der Waals surface area contributed by atoms with Gasteiger partial charge in [-0.3, -0.25) is 0 Å². The second kappa shape index (κ2) is 7.04. The molecule has 5 nitrogen and oxygen atoms in total. The highest BCUT2D eigenvalue weighted by atomic mass is 16.5. The third-order valence-corrected chi connectivity index (χ3v) is 3.82. The zero-order chi connectivity index (χ0) is 14.5. The Labute approximate surface area is 121 Å². The molecule has 0 saturated carbocycles. The zero-order valence-corrected chi connectivity index (χ0v) is 12.5. The van der Waals surface area contributed by atoms with E-state index in [-0.39, 0.29) is 6.04 Å². The minimum absolute atomic E-state index is 0.0215. The molecule has 0 aliphatic carbocycles. The van der Waals surface area contributed by atoms with Gasteiger partial charge in [0.15, 0.2) is 0 Å². The summed E-state index contributed by atoms with van der Waals surface area (Å²) in [5, 5.41) is 12.6. The van der Waals surface area contributed by atoms with Crippen LogP contribution < -0.4 is 10.2 Å². The Morgan fingerprint density at radius 1 is 1.15 bits per heavy atom. The highest BCUT2D eigenvalue weighted by Gasteiger charge is 2.21. The van der Waals surface area contributed by atoms with Crippen LogP contribution in [0.25, 0.3) is 0 Å². The van der Waals surface area contributed by atoms with E-state index in [4.69, 9.17) is 4.74 Å². The maximum Gasteiger partial charge on any atom is 0.118 e. The Bertz CT molecular complexity index is 402. The highest BCUT2D eigenvalue weighted by Crippen LogP contribution is 2.20. The van der Waals surface area contributed by atoms with E-state index >= 15 is 0 Å². The number of benzene rings is 1. The van der Waals surface area contributed by atoms with E-state index in [1.165, 1.54) is 0 Å². The van der Waals surface area contributed by atoms with E-state index in [2.05, 4.69) is 22.4 Å². The number of aliphatic hydroxyl groups is 1. The van der Waals surface area contributed by atoms with Crippen LogP contribution in [0.15, 0.2) is 24.3 Å². The summed E-state index contributed by atoms with van der Waals surface area (Å²) in [6.07, 6.45) is -0.527. The van der Waals surface area contributed by atoms with Gasteiger partial charge in [0.2, 0.25) is 0 Å². The molecule has 2 atom stereocenters. The Hall–Kier alpha value is -1.14. The molecule has 2 rings (SSSR count). The molecule has 2 unspecified atom stereocenters. The predicted octanol–water partition coefficient (Wildman–Crippen LogP) is 0.869. The number of nitrogens with one attached hydrogen (secondary N) is 1. The first-order valence-electron chi connectivity index (χ1n) is 7.12. The molecule has 112 valence electrons. The van der Waals surface area contributed by atoms with Gasteiger partial charge >= 0.3 is 0 Å². The van der Waals surface area contributed by atoms with E-state index in [1.54, 1.807) is 7.11 Å². The molecule has 1 aromatic rings. The van der Waals surface area contributed by atoms with E-state index in [9.17, 15) is 5.11 Å². The van der Waals surface area contributed by atoms with Crippen LogP contribution in [0, 0.1) is 0 Å². The topological polar surface area (TPSA) is 48.0 Å². The number of hydrazine groups is 1. The van der Waals surface area contributed by atoms with Gasteiger partial charge in [-0.05, 0) is 31.7 Å². The number of nitrogens with zero attached hydrogens (tertiary/aromatic N) is 2. The van der Waals surface area contributed by atoms with Crippen LogP contribution in [0.3, 0.4) is 0 Å². The molecule has 0 spiro atoms. The molecule has 1 saturated heterocycles. The van der Waals surface area contributed by atoms with Crippen molar-refractivity contribution < 1.29 is 9.84 Å². The minimum atomic E-state index is -0.527. The largest absolute Gasteiger partial charge is 0.497 e. The van der Waals surface area contributed by atoms with Crippen LogP contribution in [0.4, 0.5) is 0 Å². The Morgan fingerprint density at radius 3 is 2.30 bits per heavy atom. The van der Waals surface area contributed by atoms with Crippen LogP contribution >= 0.6 is 0 Å². The summed E-state index contributed by atoms with van der Waals surface area (Å²) >= 11 is 0. The molecule has 5 heteroatoms. The smallest absolute Gasteiger partial charge is 0.118 e. The number of hydrogen-bond donors (Lipinski definition) is 2. The first-order valence-corrected chi connectivity index (χ1v) is 7.12. The molecular formula is C15H25N3O2. The summed E-state index contributed by atoms with van der Waals surface area (Å²) < 4.78 is 5.13. The fourth-order valence-corrected chi connectivity index (χ4v) is 2.38. The van der Waals surface area contributed by atoms with Gasteiger partial charge in [-0.2, -0.15) is 0 Å². The van der Waals surface area contributed by atoms with Crippen molar-refractivity contribution in [1.82, 2.24) is 15.3 Å². The maximum atomic E-state index is 10.4. The lowest BCUT2D eigenvalue weighted by Gasteiger charge is -2.35. The third-order valence-electron chi connectivity index (χ3n) is 3.82. The van der Waals surface area contributed by atoms with Crippen molar-refractivity contribution in [3.8, 4) is 5.75 Å². The first-order chi connectivity index (χ1) is 9.60. The number of rotatable bonds is 5. The van der Waals surface area contributed by atoms with E-state index in [0.717, 1.165) is 37.5 Å². The molecule has 2 N–H and O–H groups in total. The molecule has 1 aliphatic heterocycles. The normalized spacial score (nSPS) is 20.6. The number of hydrogen-bond acceptors (Lipinski definition) is 5. The second-order valence-corrected chi connectivity index (χ2v) is 5.43. The number of likely N-dealkylation sites (N-methyl/N-ethyl adjacent to an activating group) is 1. The Balaban J connectivity index is 1.88. The van der Waals surface area contributed by atoms with Crippen molar-refractivity contribution in [1.29, 1.82) is 0 Å². The average molecular weight is 279 g/mol. The Kier molecular flexibility index (Phi) is 5.37.